The summed E-state index contributed by atoms with van der Waals surface area (Å²) in [5.41, 5.74) is 3.07. The molecule has 2 aromatic rings. The molecule has 3 rings (SSSR count). The number of hydrogen-bond acceptors (Lipinski definition) is 4. The van der Waals surface area contributed by atoms with Gasteiger partial charge in [-0.1, -0.05) is 24.3 Å². The number of ether oxygens (including phenoxy) is 2. The lowest BCUT2D eigenvalue weighted by Gasteiger charge is -2.29. The van der Waals surface area contributed by atoms with E-state index in [-0.39, 0.29) is 11.9 Å². The maximum atomic E-state index is 12.8. The van der Waals surface area contributed by atoms with Crippen molar-refractivity contribution < 1.29 is 14.3 Å². The third-order valence-electron chi connectivity index (χ3n) is 5.20. The van der Waals surface area contributed by atoms with Gasteiger partial charge in [0.15, 0.2) is 0 Å². The Kier molecular flexibility index (Phi) is 6.35. The molecule has 1 aliphatic rings. The molecule has 0 spiro atoms. The van der Waals surface area contributed by atoms with Gasteiger partial charge in [0.05, 0.1) is 20.3 Å². The number of rotatable bonds is 7. The van der Waals surface area contributed by atoms with Gasteiger partial charge in [-0.2, -0.15) is 0 Å². The first-order valence-corrected chi connectivity index (χ1v) is 9.43. The van der Waals surface area contributed by atoms with Crippen molar-refractivity contribution in [2.45, 2.75) is 25.8 Å². The van der Waals surface area contributed by atoms with Crippen molar-refractivity contribution in [1.29, 1.82) is 0 Å². The molecule has 1 N–H and O–H groups in total. The first-order valence-electron chi connectivity index (χ1n) is 9.43. The zero-order valence-electron chi connectivity index (χ0n) is 16.3. The summed E-state index contributed by atoms with van der Waals surface area (Å²) in [6.45, 7) is 4.85. The molecule has 5 heteroatoms. The second-order valence-electron chi connectivity index (χ2n) is 6.93. The summed E-state index contributed by atoms with van der Waals surface area (Å²) in [6, 6.07) is 13.8. The Balaban J connectivity index is 1.77. The van der Waals surface area contributed by atoms with Crippen LogP contribution in [-0.4, -0.2) is 44.7 Å². The minimum Gasteiger partial charge on any atom is -0.497 e. The summed E-state index contributed by atoms with van der Waals surface area (Å²) in [6.07, 6.45) is 2.42. The summed E-state index contributed by atoms with van der Waals surface area (Å²) in [5.74, 6) is 1.09. The SMILES string of the molecule is COc1cc(OC)cc(C(=O)NCC(c2ccccc2C)N2CCCC2)c1. The number of nitrogens with one attached hydrogen (secondary N) is 1. The van der Waals surface area contributed by atoms with Crippen LogP contribution in [0.15, 0.2) is 42.5 Å². The van der Waals surface area contributed by atoms with Gasteiger partial charge in [0.25, 0.3) is 5.91 Å². The largest absolute Gasteiger partial charge is 0.497 e. The van der Waals surface area contributed by atoms with Crippen LogP contribution in [0.25, 0.3) is 0 Å². The normalized spacial score (nSPS) is 15.4. The van der Waals surface area contributed by atoms with Crippen molar-refractivity contribution in [2.75, 3.05) is 33.9 Å². The van der Waals surface area contributed by atoms with Crippen LogP contribution in [0.5, 0.6) is 11.5 Å². The number of methoxy groups -OCH3 is 2. The van der Waals surface area contributed by atoms with Crippen LogP contribution in [0.3, 0.4) is 0 Å². The Morgan fingerprint density at radius 2 is 1.70 bits per heavy atom. The van der Waals surface area contributed by atoms with Crippen LogP contribution in [0.2, 0.25) is 0 Å². The molecular weight excluding hydrogens is 340 g/mol. The minimum absolute atomic E-state index is 0.120. The molecule has 2 aromatic carbocycles. The van der Waals surface area contributed by atoms with E-state index in [0.29, 0.717) is 23.6 Å². The smallest absolute Gasteiger partial charge is 0.251 e. The molecule has 1 atom stereocenters. The van der Waals surface area contributed by atoms with Crippen LogP contribution in [0.4, 0.5) is 0 Å². The van der Waals surface area contributed by atoms with Crippen molar-refractivity contribution in [3.8, 4) is 11.5 Å². The highest BCUT2D eigenvalue weighted by Gasteiger charge is 2.25. The number of nitrogens with zero attached hydrogens (tertiary/aromatic N) is 1. The van der Waals surface area contributed by atoms with Crippen LogP contribution < -0.4 is 14.8 Å². The lowest BCUT2D eigenvalue weighted by molar-refractivity contribution is 0.0937. The van der Waals surface area contributed by atoms with Gasteiger partial charge in [0.1, 0.15) is 11.5 Å². The fourth-order valence-electron chi connectivity index (χ4n) is 3.68. The van der Waals surface area contributed by atoms with Gasteiger partial charge >= 0.3 is 0 Å². The number of amides is 1. The Hall–Kier alpha value is -2.53. The molecule has 1 saturated heterocycles. The highest BCUT2D eigenvalue weighted by molar-refractivity contribution is 5.95. The van der Waals surface area contributed by atoms with E-state index in [9.17, 15) is 4.79 Å². The Morgan fingerprint density at radius 3 is 2.30 bits per heavy atom. The Labute approximate surface area is 161 Å². The van der Waals surface area contributed by atoms with Gasteiger partial charge in [0.2, 0.25) is 0 Å². The number of hydrogen-bond donors (Lipinski definition) is 1. The molecule has 1 heterocycles. The fraction of sp³-hybridized carbons (Fsp3) is 0.409. The molecule has 0 saturated carbocycles. The molecule has 0 radical (unpaired) electrons. The number of carbonyl (C=O) groups is 1. The molecule has 0 aliphatic carbocycles. The van der Waals surface area contributed by atoms with Gasteiger partial charge < -0.3 is 14.8 Å². The zero-order chi connectivity index (χ0) is 19.2. The van der Waals surface area contributed by atoms with Crippen molar-refractivity contribution in [1.82, 2.24) is 10.2 Å². The fourth-order valence-corrected chi connectivity index (χ4v) is 3.68. The molecule has 1 unspecified atom stereocenters. The van der Waals surface area contributed by atoms with Crippen LogP contribution >= 0.6 is 0 Å². The summed E-state index contributed by atoms with van der Waals surface area (Å²) in [4.78, 5) is 15.2. The average Bonchev–Trinajstić information content (AvgIpc) is 3.23. The Bertz CT molecular complexity index is 763. The minimum atomic E-state index is -0.120. The second-order valence-corrected chi connectivity index (χ2v) is 6.93. The van der Waals surface area contributed by atoms with Crippen molar-refractivity contribution >= 4 is 5.91 Å². The molecule has 144 valence electrons. The van der Waals surface area contributed by atoms with E-state index in [1.54, 1.807) is 32.4 Å². The van der Waals surface area contributed by atoms with Crippen molar-refractivity contribution in [2.24, 2.45) is 0 Å². The summed E-state index contributed by atoms with van der Waals surface area (Å²) in [7, 11) is 3.16. The first-order chi connectivity index (χ1) is 13.1. The number of carbonyl (C=O) groups excluding carboxylic acids is 1. The quantitative estimate of drug-likeness (QED) is 0.812. The number of likely N-dealkylation sites (tertiary alicyclic amines) is 1. The first kappa shape index (κ1) is 19.2. The molecule has 0 aromatic heterocycles. The molecule has 5 nitrogen and oxygen atoms in total. The van der Waals surface area contributed by atoms with E-state index in [4.69, 9.17) is 9.47 Å². The van der Waals surface area contributed by atoms with Gasteiger partial charge in [-0.25, -0.2) is 0 Å². The van der Waals surface area contributed by atoms with Gasteiger partial charge in [0, 0.05) is 18.2 Å². The third kappa shape index (κ3) is 4.61. The van der Waals surface area contributed by atoms with E-state index < -0.39 is 0 Å². The van der Waals surface area contributed by atoms with E-state index in [1.165, 1.54) is 24.0 Å². The van der Waals surface area contributed by atoms with Gasteiger partial charge in [-0.3, -0.25) is 9.69 Å². The second kappa shape index (κ2) is 8.91. The van der Waals surface area contributed by atoms with Gasteiger partial charge in [-0.15, -0.1) is 0 Å². The molecular formula is C22H28N2O3. The molecule has 0 bridgehead atoms. The average molecular weight is 368 g/mol. The standard InChI is InChI=1S/C22H28N2O3/c1-16-8-4-5-9-20(16)21(24-10-6-7-11-24)15-23-22(25)17-12-18(26-2)14-19(13-17)27-3/h4-5,8-9,12-14,21H,6-7,10-11,15H2,1-3H3,(H,23,25). The predicted octanol–water partition coefficient (Wildman–Crippen LogP) is 3.58. The monoisotopic (exact) mass is 368 g/mol. The maximum Gasteiger partial charge on any atom is 0.251 e. The van der Waals surface area contributed by atoms with Crippen molar-refractivity contribution in [3.63, 3.8) is 0 Å². The Morgan fingerprint density at radius 1 is 1.07 bits per heavy atom. The number of aryl methyl sites for hydroxylation is 1. The summed E-state index contributed by atoms with van der Waals surface area (Å²) < 4.78 is 10.5. The zero-order valence-corrected chi connectivity index (χ0v) is 16.3. The highest BCUT2D eigenvalue weighted by atomic mass is 16.5. The predicted molar refractivity (Wildman–Crippen MR) is 107 cm³/mol. The van der Waals surface area contributed by atoms with Crippen LogP contribution in [0, 0.1) is 6.92 Å². The molecule has 27 heavy (non-hydrogen) atoms. The van der Waals surface area contributed by atoms with E-state index >= 15 is 0 Å². The topological polar surface area (TPSA) is 50.8 Å². The lowest BCUT2D eigenvalue weighted by atomic mass is 10.00. The number of benzene rings is 2. The maximum absolute atomic E-state index is 12.8. The summed E-state index contributed by atoms with van der Waals surface area (Å²) in [5, 5.41) is 3.11. The molecule has 1 fully saturated rings. The molecule has 1 amide bonds. The van der Waals surface area contributed by atoms with Gasteiger partial charge in [-0.05, 0) is 56.1 Å². The highest BCUT2D eigenvalue weighted by Crippen LogP contribution is 2.27. The van der Waals surface area contributed by atoms with Crippen molar-refractivity contribution in [3.05, 3.63) is 59.2 Å². The van der Waals surface area contributed by atoms with E-state index in [0.717, 1.165) is 13.1 Å². The van der Waals surface area contributed by atoms with Crippen LogP contribution in [-0.2, 0) is 0 Å². The molecule has 1 aliphatic heterocycles. The van der Waals surface area contributed by atoms with E-state index in [2.05, 4.69) is 41.4 Å². The third-order valence-corrected chi connectivity index (χ3v) is 5.20. The van der Waals surface area contributed by atoms with E-state index in [1.807, 2.05) is 0 Å². The summed E-state index contributed by atoms with van der Waals surface area (Å²) >= 11 is 0. The lowest BCUT2D eigenvalue weighted by Crippen LogP contribution is -2.37. The van der Waals surface area contributed by atoms with Crippen LogP contribution in [0.1, 0.15) is 40.4 Å².